The van der Waals surface area contributed by atoms with E-state index in [0.717, 1.165) is 16.9 Å². The van der Waals surface area contributed by atoms with Crippen LogP contribution in [-0.2, 0) is 6.54 Å². The highest BCUT2D eigenvalue weighted by molar-refractivity contribution is 5.97. The third-order valence-electron chi connectivity index (χ3n) is 4.52. The van der Waals surface area contributed by atoms with Crippen molar-refractivity contribution in [2.75, 3.05) is 0 Å². The van der Waals surface area contributed by atoms with Crippen molar-refractivity contribution in [2.45, 2.75) is 26.4 Å². The first kappa shape index (κ1) is 17.0. The molecule has 0 radical (unpaired) electrons. The third-order valence-corrected chi connectivity index (χ3v) is 4.52. The molecule has 0 spiro atoms. The molecule has 1 N–H and O–H groups in total. The molecule has 136 valence electrons. The van der Waals surface area contributed by atoms with Gasteiger partial charge in [-0.1, -0.05) is 12.1 Å². The van der Waals surface area contributed by atoms with Crippen molar-refractivity contribution in [3.8, 4) is 0 Å². The van der Waals surface area contributed by atoms with E-state index in [4.69, 9.17) is 4.42 Å². The van der Waals surface area contributed by atoms with Crippen LogP contribution in [-0.4, -0.2) is 15.5 Å². The van der Waals surface area contributed by atoms with Gasteiger partial charge in [-0.2, -0.15) is 0 Å². The molecule has 6 nitrogen and oxygen atoms in total. The molecule has 0 atom stereocenters. The Morgan fingerprint density at radius 1 is 1.19 bits per heavy atom. The molecule has 27 heavy (non-hydrogen) atoms. The normalized spacial score (nSPS) is 11.4. The minimum Gasteiger partial charge on any atom is -0.464 e. The lowest BCUT2D eigenvalue weighted by Gasteiger charge is -2.13. The summed E-state index contributed by atoms with van der Waals surface area (Å²) < 4.78 is 7.46. The number of nitrogens with one attached hydrogen (secondary N) is 1. The number of hydrogen-bond donors (Lipinski definition) is 1. The standard InChI is InChI=1S/C21H19N3O3/c1-13(2)24-17-6-4-3-5-16(17)23-20(24)12-22-21(26)14-7-8-15-18(25)9-10-27-19(15)11-14/h3-11,13H,12H2,1-2H3,(H,22,26). The molecule has 0 aliphatic heterocycles. The second-order valence-electron chi connectivity index (χ2n) is 6.66. The Hall–Kier alpha value is -3.41. The zero-order valence-corrected chi connectivity index (χ0v) is 15.1. The lowest BCUT2D eigenvalue weighted by atomic mass is 10.1. The number of hydrogen-bond acceptors (Lipinski definition) is 4. The van der Waals surface area contributed by atoms with Crippen molar-refractivity contribution in [3.05, 3.63) is 76.4 Å². The van der Waals surface area contributed by atoms with Crippen LogP contribution in [0.5, 0.6) is 0 Å². The first-order valence-corrected chi connectivity index (χ1v) is 8.80. The number of carbonyl (C=O) groups is 1. The molecule has 2 heterocycles. The number of benzene rings is 2. The Bertz CT molecular complexity index is 1200. The quantitative estimate of drug-likeness (QED) is 0.602. The van der Waals surface area contributed by atoms with Crippen molar-refractivity contribution in [2.24, 2.45) is 0 Å². The highest BCUT2D eigenvalue weighted by Crippen LogP contribution is 2.21. The average molecular weight is 361 g/mol. The number of fused-ring (bicyclic) bond motifs is 2. The summed E-state index contributed by atoms with van der Waals surface area (Å²) >= 11 is 0. The lowest BCUT2D eigenvalue weighted by molar-refractivity contribution is 0.0949. The van der Waals surface area contributed by atoms with Gasteiger partial charge in [-0.05, 0) is 44.2 Å². The number of amides is 1. The molecule has 4 aromatic rings. The number of rotatable bonds is 4. The second kappa shape index (κ2) is 6.72. The van der Waals surface area contributed by atoms with Crippen molar-refractivity contribution >= 4 is 27.9 Å². The molecule has 0 unspecified atom stereocenters. The maximum atomic E-state index is 12.6. The monoisotopic (exact) mass is 361 g/mol. The number of aromatic nitrogens is 2. The molecule has 2 aromatic heterocycles. The molecule has 4 rings (SSSR count). The van der Waals surface area contributed by atoms with Crippen LogP contribution in [0.15, 0.2) is 64.0 Å². The van der Waals surface area contributed by atoms with Crippen molar-refractivity contribution in [1.29, 1.82) is 0 Å². The van der Waals surface area contributed by atoms with E-state index < -0.39 is 0 Å². The van der Waals surface area contributed by atoms with Gasteiger partial charge in [0.25, 0.3) is 5.91 Å². The summed E-state index contributed by atoms with van der Waals surface area (Å²) in [6.45, 7) is 4.48. The van der Waals surface area contributed by atoms with Crippen LogP contribution in [0.2, 0.25) is 0 Å². The maximum Gasteiger partial charge on any atom is 0.251 e. The van der Waals surface area contributed by atoms with E-state index in [2.05, 4.69) is 28.7 Å². The molecule has 1 amide bonds. The molecule has 0 aliphatic carbocycles. The molecule has 0 saturated carbocycles. The van der Waals surface area contributed by atoms with Gasteiger partial charge in [-0.15, -0.1) is 0 Å². The zero-order valence-electron chi connectivity index (χ0n) is 15.1. The van der Waals surface area contributed by atoms with E-state index in [9.17, 15) is 9.59 Å². The highest BCUT2D eigenvalue weighted by atomic mass is 16.3. The Morgan fingerprint density at radius 3 is 2.81 bits per heavy atom. The number of carbonyl (C=O) groups excluding carboxylic acids is 1. The van der Waals surface area contributed by atoms with Gasteiger partial charge in [0.1, 0.15) is 11.4 Å². The van der Waals surface area contributed by atoms with Crippen LogP contribution in [0.3, 0.4) is 0 Å². The summed E-state index contributed by atoms with van der Waals surface area (Å²) in [6.07, 6.45) is 1.33. The minimum atomic E-state index is -0.245. The summed E-state index contributed by atoms with van der Waals surface area (Å²) in [7, 11) is 0. The topological polar surface area (TPSA) is 77.1 Å². The second-order valence-corrected chi connectivity index (χ2v) is 6.66. The summed E-state index contributed by atoms with van der Waals surface area (Å²) in [5, 5.41) is 3.36. The van der Waals surface area contributed by atoms with E-state index in [1.807, 2.05) is 24.3 Å². The molecule has 2 aromatic carbocycles. The third kappa shape index (κ3) is 3.10. The van der Waals surface area contributed by atoms with E-state index in [0.29, 0.717) is 23.1 Å². The van der Waals surface area contributed by atoms with Crippen LogP contribution < -0.4 is 10.7 Å². The van der Waals surface area contributed by atoms with E-state index >= 15 is 0 Å². The highest BCUT2D eigenvalue weighted by Gasteiger charge is 2.15. The summed E-state index contributed by atoms with van der Waals surface area (Å²) in [5.74, 6) is 0.553. The first-order chi connectivity index (χ1) is 13.0. The molecule has 0 bridgehead atoms. The van der Waals surface area contributed by atoms with Gasteiger partial charge in [-0.25, -0.2) is 4.98 Å². The van der Waals surface area contributed by atoms with Crippen molar-refractivity contribution in [1.82, 2.24) is 14.9 Å². The Kier molecular flexibility index (Phi) is 4.24. The molecular weight excluding hydrogens is 342 g/mol. The molecular formula is C21H19N3O3. The summed E-state index contributed by atoms with van der Waals surface area (Å²) in [5.41, 5.74) is 2.65. The van der Waals surface area contributed by atoms with Crippen LogP contribution in [0.25, 0.3) is 22.0 Å². The minimum absolute atomic E-state index is 0.131. The summed E-state index contributed by atoms with van der Waals surface area (Å²) in [4.78, 5) is 29.0. The fourth-order valence-corrected chi connectivity index (χ4v) is 3.28. The fourth-order valence-electron chi connectivity index (χ4n) is 3.28. The molecule has 0 saturated heterocycles. The predicted molar refractivity (Wildman–Crippen MR) is 104 cm³/mol. The number of nitrogens with zero attached hydrogens (tertiary/aromatic N) is 2. The van der Waals surface area contributed by atoms with Crippen molar-refractivity contribution < 1.29 is 9.21 Å². The van der Waals surface area contributed by atoms with Gasteiger partial charge in [0.15, 0.2) is 5.43 Å². The molecule has 0 fully saturated rings. The van der Waals surface area contributed by atoms with E-state index in [-0.39, 0.29) is 17.4 Å². The van der Waals surface area contributed by atoms with Crippen LogP contribution in [0, 0.1) is 0 Å². The maximum absolute atomic E-state index is 12.6. The SMILES string of the molecule is CC(C)n1c(CNC(=O)c2ccc3c(=O)ccoc3c2)nc2ccccc21. The Morgan fingerprint density at radius 2 is 2.00 bits per heavy atom. The van der Waals surface area contributed by atoms with Crippen molar-refractivity contribution in [3.63, 3.8) is 0 Å². The molecule has 6 heteroatoms. The fraction of sp³-hybridized carbons (Fsp3) is 0.190. The Balaban J connectivity index is 1.60. The van der Waals surface area contributed by atoms with E-state index in [1.165, 1.54) is 12.3 Å². The van der Waals surface area contributed by atoms with Gasteiger partial charge >= 0.3 is 0 Å². The lowest BCUT2D eigenvalue weighted by Crippen LogP contribution is -2.25. The molecule has 0 aliphatic rings. The smallest absolute Gasteiger partial charge is 0.251 e. The number of para-hydroxylation sites is 2. The largest absolute Gasteiger partial charge is 0.464 e. The van der Waals surface area contributed by atoms with Gasteiger partial charge < -0.3 is 14.3 Å². The Labute approximate surface area is 155 Å². The van der Waals surface area contributed by atoms with Crippen LogP contribution in [0.1, 0.15) is 36.1 Å². The van der Waals surface area contributed by atoms with Gasteiger partial charge in [-0.3, -0.25) is 9.59 Å². The number of imidazole rings is 1. The van der Waals surface area contributed by atoms with Crippen LogP contribution >= 0.6 is 0 Å². The predicted octanol–water partition coefficient (Wildman–Crippen LogP) is 3.65. The van der Waals surface area contributed by atoms with Crippen LogP contribution in [0.4, 0.5) is 0 Å². The van der Waals surface area contributed by atoms with Gasteiger partial charge in [0.2, 0.25) is 0 Å². The van der Waals surface area contributed by atoms with Gasteiger partial charge in [0, 0.05) is 17.7 Å². The summed E-state index contributed by atoms with van der Waals surface area (Å²) in [6, 6.07) is 14.3. The zero-order chi connectivity index (χ0) is 19.0. The van der Waals surface area contributed by atoms with Gasteiger partial charge in [0.05, 0.1) is 29.2 Å². The first-order valence-electron chi connectivity index (χ1n) is 8.80. The average Bonchev–Trinajstić information content (AvgIpc) is 3.04. The van der Waals surface area contributed by atoms with E-state index in [1.54, 1.807) is 18.2 Å².